The zero-order chi connectivity index (χ0) is 19.7. The topological polar surface area (TPSA) is 89.3 Å². The Morgan fingerprint density at radius 3 is 2.86 bits per heavy atom. The van der Waals surface area contributed by atoms with Crippen molar-refractivity contribution in [3.8, 4) is 22.6 Å². The van der Waals surface area contributed by atoms with E-state index in [-0.39, 0.29) is 18.2 Å². The zero-order valence-electron chi connectivity index (χ0n) is 15.8. The maximum Gasteiger partial charge on any atom is 0.166 e. The molecule has 2 bridgehead atoms. The maximum atomic E-state index is 13.7. The predicted octanol–water partition coefficient (Wildman–Crippen LogP) is 3.16. The Labute approximate surface area is 162 Å². The Kier molecular flexibility index (Phi) is 4.77. The number of hydrogen-bond acceptors (Lipinski definition) is 6. The number of nitrogens with two attached hydrogens (primary N) is 1. The molecule has 1 aromatic carbocycles. The number of fused-ring (bicyclic) bond motifs is 5. The molecule has 3 aromatic rings. The number of aromatic nitrogens is 3. The highest BCUT2D eigenvalue weighted by Gasteiger charge is 2.19. The van der Waals surface area contributed by atoms with Crippen molar-refractivity contribution < 1.29 is 13.9 Å². The van der Waals surface area contributed by atoms with Crippen molar-refractivity contribution in [1.82, 2.24) is 15.2 Å². The summed E-state index contributed by atoms with van der Waals surface area (Å²) >= 11 is 0. The van der Waals surface area contributed by atoms with Crippen LogP contribution < -0.4 is 20.1 Å². The number of aryl methyl sites for hydroxylation is 1. The molecule has 28 heavy (non-hydrogen) atoms. The average molecular weight is 383 g/mol. The van der Waals surface area contributed by atoms with Crippen molar-refractivity contribution in [2.75, 3.05) is 31.3 Å². The summed E-state index contributed by atoms with van der Waals surface area (Å²) < 4.78 is 25.5. The summed E-state index contributed by atoms with van der Waals surface area (Å²) in [5, 5.41) is 7.58. The van der Waals surface area contributed by atoms with Crippen LogP contribution in [0.25, 0.3) is 11.1 Å². The second-order valence-corrected chi connectivity index (χ2v) is 6.90. The third-order valence-corrected chi connectivity index (χ3v) is 4.65. The first-order chi connectivity index (χ1) is 13.5. The second kappa shape index (κ2) is 7.38. The number of hydrogen-bond donors (Lipinski definition) is 2. The van der Waals surface area contributed by atoms with Crippen molar-refractivity contribution in [3.05, 3.63) is 47.5 Å². The van der Waals surface area contributed by atoms with Gasteiger partial charge in [-0.05, 0) is 37.1 Å². The number of rotatable bonds is 1. The zero-order valence-corrected chi connectivity index (χ0v) is 15.8. The fourth-order valence-electron chi connectivity index (χ4n) is 3.27. The smallest absolute Gasteiger partial charge is 0.166 e. The summed E-state index contributed by atoms with van der Waals surface area (Å²) in [6.45, 7) is 0.619. The van der Waals surface area contributed by atoms with Gasteiger partial charge in [0.2, 0.25) is 0 Å². The number of H-pyrrole nitrogens is 1. The molecule has 2 aromatic heterocycles. The molecule has 1 aliphatic rings. The van der Waals surface area contributed by atoms with Crippen LogP contribution in [-0.2, 0) is 13.0 Å². The first-order valence-corrected chi connectivity index (χ1v) is 9.07. The van der Waals surface area contributed by atoms with Gasteiger partial charge in [0.1, 0.15) is 18.2 Å². The van der Waals surface area contributed by atoms with Crippen molar-refractivity contribution >= 4 is 11.6 Å². The molecule has 0 saturated carbocycles. The van der Waals surface area contributed by atoms with Gasteiger partial charge in [-0.2, -0.15) is 5.10 Å². The van der Waals surface area contributed by atoms with Gasteiger partial charge >= 0.3 is 0 Å². The normalized spacial score (nSPS) is 13.7. The predicted molar refractivity (Wildman–Crippen MR) is 105 cm³/mol. The Hall–Kier alpha value is -3.29. The third-order valence-electron chi connectivity index (χ3n) is 4.65. The van der Waals surface area contributed by atoms with Crippen LogP contribution in [0.1, 0.15) is 17.7 Å². The lowest BCUT2D eigenvalue weighted by Gasteiger charge is -2.14. The minimum atomic E-state index is -0.341. The molecule has 0 aliphatic carbocycles. The molecule has 0 radical (unpaired) electrons. The monoisotopic (exact) mass is 383 g/mol. The molecular formula is C20H22FN5O2. The Bertz CT molecular complexity index is 1000. The number of anilines is 2. The van der Waals surface area contributed by atoms with E-state index < -0.39 is 0 Å². The van der Waals surface area contributed by atoms with E-state index in [1.54, 1.807) is 12.3 Å². The molecule has 146 valence electrons. The SMILES string of the molecule is CN(C)c1n[nH]c2c1-c1cnc(N)c(c1)OCc1cc(F)ccc1OCCC2. The molecule has 4 rings (SSSR count). The summed E-state index contributed by atoms with van der Waals surface area (Å²) in [5.74, 6) is 1.78. The van der Waals surface area contributed by atoms with E-state index in [4.69, 9.17) is 15.2 Å². The summed E-state index contributed by atoms with van der Waals surface area (Å²) in [4.78, 5) is 6.24. The lowest BCUT2D eigenvalue weighted by molar-refractivity contribution is 0.276. The quantitative estimate of drug-likeness (QED) is 0.671. The lowest BCUT2D eigenvalue weighted by atomic mass is 10.0. The molecule has 8 heteroatoms. The molecule has 0 amide bonds. The van der Waals surface area contributed by atoms with Crippen molar-refractivity contribution in [3.63, 3.8) is 0 Å². The molecular weight excluding hydrogens is 361 g/mol. The van der Waals surface area contributed by atoms with E-state index in [2.05, 4.69) is 15.2 Å². The summed E-state index contributed by atoms with van der Waals surface area (Å²) in [6.07, 6.45) is 3.23. The average Bonchev–Trinajstić information content (AvgIpc) is 3.09. The van der Waals surface area contributed by atoms with Crippen molar-refractivity contribution in [2.24, 2.45) is 0 Å². The van der Waals surface area contributed by atoms with Crippen molar-refractivity contribution in [1.29, 1.82) is 0 Å². The van der Waals surface area contributed by atoms with Crippen LogP contribution in [0.15, 0.2) is 30.5 Å². The molecule has 0 fully saturated rings. The van der Waals surface area contributed by atoms with Gasteiger partial charge in [-0.15, -0.1) is 0 Å². The minimum Gasteiger partial charge on any atom is -0.493 e. The Morgan fingerprint density at radius 2 is 2.04 bits per heavy atom. The van der Waals surface area contributed by atoms with E-state index in [1.807, 2.05) is 25.1 Å². The van der Waals surface area contributed by atoms with Gasteiger partial charge in [0, 0.05) is 42.7 Å². The molecule has 7 nitrogen and oxygen atoms in total. The molecule has 0 spiro atoms. The number of nitrogen functional groups attached to an aromatic ring is 1. The van der Waals surface area contributed by atoms with Gasteiger partial charge in [0.05, 0.1) is 6.61 Å². The summed E-state index contributed by atoms with van der Waals surface area (Å²) in [5.41, 5.74) is 9.45. The van der Waals surface area contributed by atoms with Gasteiger partial charge in [-0.1, -0.05) is 0 Å². The van der Waals surface area contributed by atoms with E-state index in [0.717, 1.165) is 35.5 Å². The number of ether oxygens (including phenoxy) is 2. The van der Waals surface area contributed by atoms with Gasteiger partial charge in [-0.25, -0.2) is 9.37 Å². The van der Waals surface area contributed by atoms with Crippen LogP contribution in [0.3, 0.4) is 0 Å². The first-order valence-electron chi connectivity index (χ1n) is 9.07. The summed E-state index contributed by atoms with van der Waals surface area (Å²) in [6, 6.07) is 6.27. The molecule has 0 atom stereocenters. The van der Waals surface area contributed by atoms with Gasteiger partial charge in [0.15, 0.2) is 17.4 Å². The number of halogens is 1. The van der Waals surface area contributed by atoms with Crippen LogP contribution in [0.2, 0.25) is 0 Å². The highest BCUT2D eigenvalue weighted by molar-refractivity contribution is 5.79. The molecule has 1 aliphatic heterocycles. The first kappa shape index (κ1) is 18.1. The van der Waals surface area contributed by atoms with E-state index in [0.29, 0.717) is 23.7 Å². The van der Waals surface area contributed by atoms with E-state index >= 15 is 0 Å². The van der Waals surface area contributed by atoms with Crippen LogP contribution in [0, 0.1) is 5.82 Å². The highest BCUT2D eigenvalue weighted by atomic mass is 19.1. The minimum absolute atomic E-state index is 0.126. The molecule has 3 N–H and O–H groups in total. The Balaban J connectivity index is 1.79. The maximum absolute atomic E-state index is 13.7. The van der Waals surface area contributed by atoms with E-state index in [1.165, 1.54) is 12.1 Å². The van der Waals surface area contributed by atoms with Crippen molar-refractivity contribution in [2.45, 2.75) is 19.4 Å². The molecule has 3 heterocycles. The number of benzene rings is 1. The fraction of sp³-hybridized carbons (Fsp3) is 0.300. The summed E-state index contributed by atoms with van der Waals surface area (Å²) in [7, 11) is 3.88. The second-order valence-electron chi connectivity index (χ2n) is 6.90. The van der Waals surface area contributed by atoms with Gasteiger partial charge < -0.3 is 20.1 Å². The third kappa shape index (κ3) is 3.45. The largest absolute Gasteiger partial charge is 0.493 e. The molecule has 0 unspecified atom stereocenters. The van der Waals surface area contributed by atoms with Crippen LogP contribution in [0.4, 0.5) is 16.0 Å². The standard InChI is InChI=1S/C20H22FN5O2/c1-26(2)20-18-12-9-17(19(22)23-10-12)28-11-13-8-14(21)5-6-16(13)27-7-3-4-15(18)24-25-20/h5-6,8-10H,3-4,7,11H2,1-2H3,(H2,22,23)(H,24,25). The number of nitrogens with one attached hydrogen (secondary N) is 1. The highest BCUT2D eigenvalue weighted by Crippen LogP contribution is 2.36. The van der Waals surface area contributed by atoms with Gasteiger partial charge in [0.25, 0.3) is 0 Å². The van der Waals surface area contributed by atoms with Crippen LogP contribution in [0.5, 0.6) is 11.5 Å². The number of pyridine rings is 1. The molecule has 0 saturated heterocycles. The lowest BCUT2D eigenvalue weighted by Crippen LogP contribution is -2.10. The van der Waals surface area contributed by atoms with E-state index in [9.17, 15) is 4.39 Å². The Morgan fingerprint density at radius 1 is 1.18 bits per heavy atom. The van der Waals surface area contributed by atoms with Crippen LogP contribution in [-0.4, -0.2) is 35.9 Å². The van der Waals surface area contributed by atoms with Gasteiger partial charge in [-0.3, -0.25) is 5.10 Å². The fourth-order valence-corrected chi connectivity index (χ4v) is 3.27. The number of nitrogens with zero attached hydrogens (tertiary/aromatic N) is 3. The van der Waals surface area contributed by atoms with Crippen LogP contribution >= 0.6 is 0 Å². The number of aromatic amines is 1.